The highest BCUT2D eigenvalue weighted by Crippen LogP contribution is 2.12. The van der Waals surface area contributed by atoms with Crippen LogP contribution in [0.3, 0.4) is 0 Å². The fraction of sp³-hybridized carbons (Fsp3) is 0.286. The van der Waals surface area contributed by atoms with Crippen LogP contribution in [-0.4, -0.2) is 73.9 Å². The minimum Gasteiger partial charge on any atom is -0.508 e. The first-order valence-corrected chi connectivity index (χ1v) is 13.0. The number of aliphatic carboxylic acids is 1. The van der Waals surface area contributed by atoms with Crippen LogP contribution in [0.4, 0.5) is 0 Å². The van der Waals surface area contributed by atoms with E-state index in [-0.39, 0.29) is 25.0 Å². The summed E-state index contributed by atoms with van der Waals surface area (Å²) in [5.74, 6) is -4.67. The van der Waals surface area contributed by atoms with Gasteiger partial charge in [-0.25, -0.2) is 9.78 Å². The van der Waals surface area contributed by atoms with E-state index in [4.69, 9.17) is 11.5 Å². The lowest BCUT2D eigenvalue weighted by Gasteiger charge is -2.24. The minimum absolute atomic E-state index is 0.00405. The molecule has 10 N–H and O–H groups in total. The molecule has 3 aromatic rings. The SMILES string of the molecule is NC(=O)CC(NC(=O)C(N)Cc1ccccc1)C(=O)NC(Cc1cnc[nH]1)C(=O)NC(Cc1ccc(O)cc1)C(=O)O. The molecule has 0 saturated carbocycles. The van der Waals surface area contributed by atoms with E-state index < -0.39 is 60.2 Å². The molecule has 0 bridgehead atoms. The number of aromatic nitrogens is 2. The molecular weight excluding hydrogens is 546 g/mol. The Kier molecular flexibility index (Phi) is 11.1. The lowest BCUT2D eigenvalue weighted by atomic mass is 10.0. The molecule has 0 aliphatic rings. The van der Waals surface area contributed by atoms with Gasteiger partial charge in [-0.1, -0.05) is 42.5 Å². The van der Waals surface area contributed by atoms with Crippen LogP contribution in [0.25, 0.3) is 0 Å². The number of carbonyl (C=O) groups is 5. The molecule has 1 aromatic heterocycles. The Labute approximate surface area is 240 Å². The second-order valence-corrected chi connectivity index (χ2v) is 9.64. The molecule has 2 aromatic carbocycles. The summed E-state index contributed by atoms with van der Waals surface area (Å²) in [6.45, 7) is 0. The summed E-state index contributed by atoms with van der Waals surface area (Å²) >= 11 is 0. The van der Waals surface area contributed by atoms with Crippen molar-refractivity contribution in [3.05, 3.63) is 83.9 Å². The van der Waals surface area contributed by atoms with Gasteiger partial charge in [0.25, 0.3) is 0 Å². The second kappa shape index (κ2) is 14.9. The number of phenols is 1. The number of carbonyl (C=O) groups excluding carboxylic acids is 4. The molecule has 0 radical (unpaired) electrons. The molecule has 0 spiro atoms. The van der Waals surface area contributed by atoms with Crippen molar-refractivity contribution in [2.75, 3.05) is 0 Å². The van der Waals surface area contributed by atoms with Gasteiger partial charge in [0.2, 0.25) is 23.6 Å². The molecule has 0 aliphatic heterocycles. The number of nitrogens with one attached hydrogen (secondary N) is 4. The van der Waals surface area contributed by atoms with Gasteiger partial charge in [-0.05, 0) is 29.7 Å². The topological polar surface area (TPSA) is 243 Å². The molecule has 0 fully saturated rings. The Morgan fingerprint density at radius 1 is 0.786 bits per heavy atom. The van der Waals surface area contributed by atoms with E-state index in [0.29, 0.717) is 11.3 Å². The zero-order chi connectivity index (χ0) is 30.6. The predicted octanol–water partition coefficient (Wildman–Crippen LogP) is -1.12. The Morgan fingerprint density at radius 3 is 1.98 bits per heavy atom. The van der Waals surface area contributed by atoms with Gasteiger partial charge in [0, 0.05) is 24.7 Å². The minimum atomic E-state index is -1.46. The molecule has 0 aliphatic carbocycles. The lowest BCUT2D eigenvalue weighted by Crippen LogP contribution is -2.58. The molecular formula is C28H33N7O7. The van der Waals surface area contributed by atoms with E-state index in [2.05, 4.69) is 25.9 Å². The number of rotatable bonds is 15. The Balaban J connectivity index is 1.74. The van der Waals surface area contributed by atoms with Crippen LogP contribution in [-0.2, 0) is 43.2 Å². The number of hydrogen-bond acceptors (Lipinski definition) is 8. The van der Waals surface area contributed by atoms with Crippen molar-refractivity contribution < 1.29 is 34.2 Å². The van der Waals surface area contributed by atoms with Gasteiger partial charge < -0.3 is 42.6 Å². The van der Waals surface area contributed by atoms with E-state index in [9.17, 15) is 34.2 Å². The summed E-state index contributed by atoms with van der Waals surface area (Å²) in [7, 11) is 0. The lowest BCUT2D eigenvalue weighted by molar-refractivity contribution is -0.142. The molecule has 42 heavy (non-hydrogen) atoms. The number of nitrogens with two attached hydrogens (primary N) is 2. The van der Waals surface area contributed by atoms with E-state index in [1.807, 2.05) is 6.07 Å². The maximum Gasteiger partial charge on any atom is 0.326 e. The number of amides is 4. The van der Waals surface area contributed by atoms with Gasteiger partial charge >= 0.3 is 5.97 Å². The quantitative estimate of drug-likeness (QED) is 0.109. The Hall–Kier alpha value is -5.24. The van der Waals surface area contributed by atoms with Crippen LogP contribution in [0.1, 0.15) is 23.2 Å². The number of phenolic OH excluding ortho intramolecular Hbond substituents is 1. The largest absolute Gasteiger partial charge is 0.508 e. The molecule has 1 heterocycles. The number of H-pyrrole nitrogens is 1. The van der Waals surface area contributed by atoms with Crippen molar-refractivity contribution in [1.82, 2.24) is 25.9 Å². The standard InChI is InChI=1S/C28H33N7O7/c29-20(10-16-4-2-1-3-5-16)25(38)33-22(13-24(30)37)27(40)34-21(12-18-14-31-15-32-18)26(39)35-23(28(41)42)11-17-6-8-19(36)9-7-17/h1-9,14-15,20-23,36H,10-13,29H2,(H2,30,37)(H,31,32)(H,33,38)(H,34,40)(H,35,39)(H,41,42). The number of aromatic amines is 1. The maximum absolute atomic E-state index is 13.3. The summed E-state index contributed by atoms with van der Waals surface area (Å²) < 4.78 is 0. The number of hydrogen-bond donors (Lipinski definition) is 8. The smallest absolute Gasteiger partial charge is 0.326 e. The highest BCUT2D eigenvalue weighted by molar-refractivity contribution is 5.96. The molecule has 4 amide bonds. The van der Waals surface area contributed by atoms with Gasteiger partial charge in [0.1, 0.15) is 23.9 Å². The van der Waals surface area contributed by atoms with Crippen LogP contribution in [0.2, 0.25) is 0 Å². The monoisotopic (exact) mass is 579 g/mol. The summed E-state index contributed by atoms with van der Waals surface area (Å²) in [5.41, 5.74) is 13.1. The normalized spacial score (nSPS) is 13.6. The van der Waals surface area contributed by atoms with Gasteiger partial charge in [-0.3, -0.25) is 19.2 Å². The third-order valence-corrected chi connectivity index (χ3v) is 6.28. The molecule has 14 heteroatoms. The molecule has 4 atom stereocenters. The Bertz CT molecular complexity index is 1370. The van der Waals surface area contributed by atoms with Gasteiger partial charge in [-0.2, -0.15) is 0 Å². The first kappa shape index (κ1) is 31.3. The number of nitrogens with zero attached hydrogens (tertiary/aromatic N) is 1. The second-order valence-electron chi connectivity index (χ2n) is 9.64. The van der Waals surface area contributed by atoms with Crippen molar-refractivity contribution in [1.29, 1.82) is 0 Å². The van der Waals surface area contributed by atoms with Crippen molar-refractivity contribution in [2.45, 2.75) is 49.9 Å². The van der Waals surface area contributed by atoms with Gasteiger partial charge in [0.05, 0.1) is 18.8 Å². The fourth-order valence-corrected chi connectivity index (χ4v) is 4.09. The fourth-order valence-electron chi connectivity index (χ4n) is 4.09. The van der Waals surface area contributed by atoms with Crippen LogP contribution < -0.4 is 27.4 Å². The zero-order valence-electron chi connectivity index (χ0n) is 22.5. The highest BCUT2D eigenvalue weighted by atomic mass is 16.4. The third-order valence-electron chi connectivity index (χ3n) is 6.28. The molecule has 4 unspecified atom stereocenters. The van der Waals surface area contributed by atoms with Crippen LogP contribution in [0.15, 0.2) is 67.1 Å². The predicted molar refractivity (Wildman–Crippen MR) is 149 cm³/mol. The third kappa shape index (κ3) is 9.75. The number of aromatic hydroxyl groups is 1. The average Bonchev–Trinajstić information content (AvgIpc) is 3.46. The number of carboxylic acids is 1. The number of imidazole rings is 1. The van der Waals surface area contributed by atoms with Crippen molar-refractivity contribution >= 4 is 29.6 Å². The molecule has 0 saturated heterocycles. The van der Waals surface area contributed by atoms with E-state index in [1.54, 1.807) is 24.3 Å². The van der Waals surface area contributed by atoms with Gasteiger partial charge in [0.15, 0.2) is 0 Å². The summed E-state index contributed by atoms with van der Waals surface area (Å²) in [6, 6.07) is 9.54. The Morgan fingerprint density at radius 2 is 1.38 bits per heavy atom. The number of primary amides is 1. The van der Waals surface area contributed by atoms with Gasteiger partial charge in [-0.15, -0.1) is 0 Å². The van der Waals surface area contributed by atoms with Crippen molar-refractivity contribution in [3.8, 4) is 5.75 Å². The van der Waals surface area contributed by atoms with Crippen molar-refractivity contribution in [2.24, 2.45) is 11.5 Å². The van der Waals surface area contributed by atoms with E-state index in [1.165, 1.54) is 36.8 Å². The number of benzene rings is 2. The first-order valence-electron chi connectivity index (χ1n) is 13.0. The van der Waals surface area contributed by atoms with Crippen LogP contribution in [0.5, 0.6) is 5.75 Å². The molecule has 14 nitrogen and oxygen atoms in total. The first-order chi connectivity index (χ1) is 20.0. The van der Waals surface area contributed by atoms with E-state index >= 15 is 0 Å². The van der Waals surface area contributed by atoms with E-state index in [0.717, 1.165) is 5.56 Å². The number of carboxylic acid groups (broad SMARTS) is 1. The van der Waals surface area contributed by atoms with Crippen LogP contribution in [0, 0.1) is 0 Å². The summed E-state index contributed by atoms with van der Waals surface area (Å²) in [5, 5.41) is 26.5. The van der Waals surface area contributed by atoms with Crippen molar-refractivity contribution in [3.63, 3.8) is 0 Å². The van der Waals surface area contributed by atoms with Crippen LogP contribution >= 0.6 is 0 Å². The summed E-state index contributed by atoms with van der Waals surface area (Å²) in [6.07, 6.45) is 2.15. The molecule has 3 rings (SSSR count). The maximum atomic E-state index is 13.3. The average molecular weight is 580 g/mol. The zero-order valence-corrected chi connectivity index (χ0v) is 22.5. The summed E-state index contributed by atoms with van der Waals surface area (Å²) in [4.78, 5) is 69.7. The molecule has 222 valence electrons. The highest BCUT2D eigenvalue weighted by Gasteiger charge is 2.31.